The average Bonchev–Trinajstić information content (AvgIpc) is 2.70. The molecule has 0 amide bonds. The van der Waals surface area contributed by atoms with Crippen LogP contribution < -0.4 is 5.32 Å². The summed E-state index contributed by atoms with van der Waals surface area (Å²) in [6.45, 7) is 11.9. The molecule has 0 saturated carbocycles. The molecule has 0 aliphatic carbocycles. The Morgan fingerprint density at radius 3 is 3.00 bits per heavy atom. The Bertz CT molecular complexity index is 358. The topological polar surface area (TPSA) is 33.1 Å². The molecular weight excluding hydrogens is 212 g/mol. The van der Waals surface area contributed by atoms with E-state index in [0.717, 1.165) is 38.4 Å². The first kappa shape index (κ1) is 12.6. The maximum absolute atomic E-state index is 4.52. The van der Waals surface area contributed by atoms with Gasteiger partial charge in [0.1, 0.15) is 0 Å². The second-order valence-electron chi connectivity index (χ2n) is 4.83. The van der Waals surface area contributed by atoms with Gasteiger partial charge < -0.3 is 5.32 Å². The van der Waals surface area contributed by atoms with Gasteiger partial charge in [0.2, 0.25) is 0 Å². The molecular formula is C13H24N4. The summed E-state index contributed by atoms with van der Waals surface area (Å²) in [6.07, 6.45) is 1.21. The van der Waals surface area contributed by atoms with Gasteiger partial charge in [0.25, 0.3) is 0 Å². The fraction of sp³-hybridized carbons (Fsp3) is 0.769. The van der Waals surface area contributed by atoms with E-state index in [9.17, 15) is 0 Å². The van der Waals surface area contributed by atoms with Gasteiger partial charge in [-0.15, -0.1) is 0 Å². The van der Waals surface area contributed by atoms with E-state index >= 15 is 0 Å². The lowest BCUT2D eigenvalue weighted by molar-refractivity contribution is 0.145. The number of aryl methyl sites for hydroxylation is 2. The lowest BCUT2D eigenvalue weighted by atomic mass is 10.1. The van der Waals surface area contributed by atoms with Gasteiger partial charge in [-0.3, -0.25) is 9.58 Å². The van der Waals surface area contributed by atoms with E-state index in [1.54, 1.807) is 0 Å². The van der Waals surface area contributed by atoms with Crippen molar-refractivity contribution < 1.29 is 0 Å². The van der Waals surface area contributed by atoms with Gasteiger partial charge in [0, 0.05) is 38.8 Å². The van der Waals surface area contributed by atoms with E-state index in [1.807, 2.05) is 0 Å². The first-order valence-electron chi connectivity index (χ1n) is 6.72. The third-order valence-electron chi connectivity index (χ3n) is 3.59. The molecule has 2 rings (SSSR count). The van der Waals surface area contributed by atoms with Gasteiger partial charge in [0.15, 0.2) is 0 Å². The van der Waals surface area contributed by atoms with Crippen molar-refractivity contribution in [3.05, 3.63) is 17.5 Å². The Morgan fingerprint density at radius 2 is 2.29 bits per heavy atom. The molecule has 1 unspecified atom stereocenters. The van der Waals surface area contributed by atoms with Crippen molar-refractivity contribution in [2.45, 2.75) is 46.3 Å². The SMILES string of the molecule is CCC1CNCCN1Cc1cc(C)nn1CC. The maximum atomic E-state index is 4.52. The molecule has 17 heavy (non-hydrogen) atoms. The third-order valence-corrected chi connectivity index (χ3v) is 3.59. The van der Waals surface area contributed by atoms with Crippen LogP contribution in [0.15, 0.2) is 6.07 Å². The molecule has 1 aliphatic rings. The molecule has 0 spiro atoms. The standard InChI is InChI=1S/C13H24N4/c1-4-12-9-14-6-7-16(12)10-13-8-11(3)15-17(13)5-2/h8,12,14H,4-7,9-10H2,1-3H3. The second kappa shape index (κ2) is 5.65. The molecule has 4 nitrogen and oxygen atoms in total. The number of nitrogens with zero attached hydrogens (tertiary/aromatic N) is 3. The van der Waals surface area contributed by atoms with E-state index < -0.39 is 0 Å². The molecule has 4 heteroatoms. The molecule has 2 heterocycles. The van der Waals surface area contributed by atoms with Crippen LogP contribution in [0.3, 0.4) is 0 Å². The number of piperazine rings is 1. The smallest absolute Gasteiger partial charge is 0.0597 e. The lowest BCUT2D eigenvalue weighted by Gasteiger charge is -2.35. The number of aromatic nitrogens is 2. The van der Waals surface area contributed by atoms with Crippen LogP contribution in [0.5, 0.6) is 0 Å². The zero-order valence-corrected chi connectivity index (χ0v) is 11.2. The van der Waals surface area contributed by atoms with Gasteiger partial charge in [0.05, 0.1) is 11.4 Å². The number of rotatable bonds is 4. The molecule has 0 aromatic carbocycles. The van der Waals surface area contributed by atoms with Crippen LogP contribution in [0.25, 0.3) is 0 Å². The molecule has 1 saturated heterocycles. The Kier molecular flexibility index (Phi) is 4.18. The van der Waals surface area contributed by atoms with Gasteiger partial charge in [-0.25, -0.2) is 0 Å². The van der Waals surface area contributed by atoms with Crippen LogP contribution in [0.1, 0.15) is 31.7 Å². The number of hydrogen-bond donors (Lipinski definition) is 1. The van der Waals surface area contributed by atoms with Crippen molar-refractivity contribution in [2.24, 2.45) is 0 Å². The highest BCUT2D eigenvalue weighted by Crippen LogP contribution is 2.13. The van der Waals surface area contributed by atoms with E-state index in [0.29, 0.717) is 6.04 Å². The molecule has 1 aromatic rings. The Morgan fingerprint density at radius 1 is 1.47 bits per heavy atom. The second-order valence-corrected chi connectivity index (χ2v) is 4.83. The van der Waals surface area contributed by atoms with Crippen LogP contribution in [-0.2, 0) is 13.1 Å². The molecule has 1 aliphatic heterocycles. The predicted molar refractivity (Wildman–Crippen MR) is 70.0 cm³/mol. The van der Waals surface area contributed by atoms with Gasteiger partial charge in [-0.1, -0.05) is 6.92 Å². The summed E-state index contributed by atoms with van der Waals surface area (Å²) in [5.41, 5.74) is 2.48. The molecule has 1 atom stereocenters. The van der Waals surface area contributed by atoms with Crippen molar-refractivity contribution in [3.8, 4) is 0 Å². The van der Waals surface area contributed by atoms with Gasteiger partial charge >= 0.3 is 0 Å². The highest BCUT2D eigenvalue weighted by Gasteiger charge is 2.21. The zero-order valence-electron chi connectivity index (χ0n) is 11.2. The van der Waals surface area contributed by atoms with Crippen LogP contribution in [0.4, 0.5) is 0 Å². The van der Waals surface area contributed by atoms with Crippen molar-refractivity contribution in [1.29, 1.82) is 0 Å². The summed E-state index contributed by atoms with van der Waals surface area (Å²) in [6, 6.07) is 2.89. The minimum Gasteiger partial charge on any atom is -0.314 e. The zero-order chi connectivity index (χ0) is 12.3. The Balaban J connectivity index is 2.07. The molecule has 96 valence electrons. The fourth-order valence-corrected chi connectivity index (χ4v) is 2.62. The summed E-state index contributed by atoms with van der Waals surface area (Å²) in [5, 5.41) is 7.99. The monoisotopic (exact) mass is 236 g/mol. The van der Waals surface area contributed by atoms with E-state index in [-0.39, 0.29) is 0 Å². The van der Waals surface area contributed by atoms with Gasteiger partial charge in [-0.05, 0) is 26.3 Å². The molecule has 1 N–H and O–H groups in total. The molecule has 1 fully saturated rings. The van der Waals surface area contributed by atoms with Crippen LogP contribution in [-0.4, -0.2) is 40.4 Å². The van der Waals surface area contributed by atoms with Crippen LogP contribution in [0, 0.1) is 6.92 Å². The normalized spacial score (nSPS) is 21.9. The fourth-order valence-electron chi connectivity index (χ4n) is 2.62. The lowest BCUT2D eigenvalue weighted by Crippen LogP contribution is -2.50. The highest BCUT2D eigenvalue weighted by molar-refractivity contribution is 5.09. The summed E-state index contributed by atoms with van der Waals surface area (Å²) in [4.78, 5) is 2.58. The van der Waals surface area contributed by atoms with Crippen LogP contribution >= 0.6 is 0 Å². The third kappa shape index (κ3) is 2.87. The van der Waals surface area contributed by atoms with E-state index in [4.69, 9.17) is 0 Å². The minimum absolute atomic E-state index is 0.671. The Hall–Kier alpha value is -0.870. The number of nitrogens with one attached hydrogen (secondary N) is 1. The maximum Gasteiger partial charge on any atom is 0.0597 e. The summed E-state index contributed by atoms with van der Waals surface area (Å²) >= 11 is 0. The van der Waals surface area contributed by atoms with E-state index in [1.165, 1.54) is 12.1 Å². The highest BCUT2D eigenvalue weighted by atomic mass is 15.3. The number of hydrogen-bond acceptors (Lipinski definition) is 3. The minimum atomic E-state index is 0.671. The first-order chi connectivity index (χ1) is 8.24. The summed E-state index contributed by atoms with van der Waals surface area (Å²) in [7, 11) is 0. The van der Waals surface area contributed by atoms with Crippen molar-refractivity contribution in [2.75, 3.05) is 19.6 Å². The van der Waals surface area contributed by atoms with Gasteiger partial charge in [-0.2, -0.15) is 5.10 Å². The Labute approximate surface area is 104 Å². The van der Waals surface area contributed by atoms with Crippen molar-refractivity contribution >= 4 is 0 Å². The molecule has 0 bridgehead atoms. The summed E-state index contributed by atoms with van der Waals surface area (Å²) < 4.78 is 2.13. The molecule has 1 aromatic heterocycles. The predicted octanol–water partition coefficient (Wildman–Crippen LogP) is 1.40. The first-order valence-corrected chi connectivity index (χ1v) is 6.72. The van der Waals surface area contributed by atoms with E-state index in [2.05, 4.69) is 46.8 Å². The largest absolute Gasteiger partial charge is 0.314 e. The van der Waals surface area contributed by atoms with Crippen LogP contribution in [0.2, 0.25) is 0 Å². The quantitative estimate of drug-likeness (QED) is 0.858. The summed E-state index contributed by atoms with van der Waals surface area (Å²) in [5.74, 6) is 0. The molecule has 0 radical (unpaired) electrons. The average molecular weight is 236 g/mol. The van der Waals surface area contributed by atoms with Crippen molar-refractivity contribution in [3.63, 3.8) is 0 Å². The van der Waals surface area contributed by atoms with Crippen molar-refractivity contribution in [1.82, 2.24) is 20.0 Å².